The van der Waals surface area contributed by atoms with E-state index < -0.39 is 11.6 Å². The number of carboxylic acid groups (broad SMARTS) is 1. The van der Waals surface area contributed by atoms with E-state index >= 15 is 0 Å². The van der Waals surface area contributed by atoms with Gasteiger partial charge in [-0.05, 0) is 26.0 Å². The van der Waals surface area contributed by atoms with E-state index in [0.29, 0.717) is 11.2 Å². The van der Waals surface area contributed by atoms with E-state index in [1.165, 1.54) is 10.7 Å². The summed E-state index contributed by atoms with van der Waals surface area (Å²) < 4.78 is 1.45. The summed E-state index contributed by atoms with van der Waals surface area (Å²) in [5.74, 6) is -1.03. The molecule has 5 nitrogen and oxygen atoms in total. The fourth-order valence-electron chi connectivity index (χ4n) is 1.64. The molecule has 0 aliphatic rings. The second-order valence-electron chi connectivity index (χ2n) is 4.13. The zero-order valence-electron chi connectivity index (χ0n) is 9.01. The Hall–Kier alpha value is -1.88. The van der Waals surface area contributed by atoms with Crippen molar-refractivity contribution in [3.05, 3.63) is 35.7 Å². The van der Waals surface area contributed by atoms with Crippen molar-refractivity contribution in [3.63, 3.8) is 0 Å². The van der Waals surface area contributed by atoms with Gasteiger partial charge in [0.1, 0.15) is 11.2 Å². The maximum absolute atomic E-state index is 10.9. The Morgan fingerprint density at radius 3 is 2.69 bits per heavy atom. The molecule has 0 saturated heterocycles. The van der Waals surface area contributed by atoms with Crippen LogP contribution in [0.25, 0.3) is 5.52 Å². The summed E-state index contributed by atoms with van der Waals surface area (Å²) in [5, 5.41) is 22.9. The van der Waals surface area contributed by atoms with Gasteiger partial charge in [0.2, 0.25) is 0 Å². The molecule has 0 unspecified atom stereocenters. The van der Waals surface area contributed by atoms with E-state index in [0.717, 1.165) is 0 Å². The minimum Gasteiger partial charge on any atom is -0.478 e. The van der Waals surface area contributed by atoms with Crippen molar-refractivity contribution in [1.29, 1.82) is 0 Å². The molecule has 0 radical (unpaired) electrons. The molecule has 2 heterocycles. The predicted octanol–water partition coefficient (Wildman–Crippen LogP) is 1.26. The van der Waals surface area contributed by atoms with Crippen LogP contribution in [0.2, 0.25) is 0 Å². The molecule has 2 N–H and O–H groups in total. The molecule has 0 fully saturated rings. The first-order chi connectivity index (χ1) is 7.41. The van der Waals surface area contributed by atoms with Crippen LogP contribution in [0.5, 0.6) is 0 Å². The molecule has 16 heavy (non-hydrogen) atoms. The van der Waals surface area contributed by atoms with Crippen LogP contribution in [-0.2, 0) is 5.60 Å². The van der Waals surface area contributed by atoms with Crippen LogP contribution in [0.15, 0.2) is 24.4 Å². The van der Waals surface area contributed by atoms with Crippen LogP contribution in [0.1, 0.15) is 29.9 Å². The van der Waals surface area contributed by atoms with Crippen LogP contribution in [0.4, 0.5) is 0 Å². The van der Waals surface area contributed by atoms with Crippen molar-refractivity contribution in [2.24, 2.45) is 0 Å². The van der Waals surface area contributed by atoms with Gasteiger partial charge in [-0.3, -0.25) is 0 Å². The molecular formula is C11H12N2O3. The van der Waals surface area contributed by atoms with E-state index in [-0.39, 0.29) is 5.56 Å². The first-order valence-corrected chi connectivity index (χ1v) is 4.84. The summed E-state index contributed by atoms with van der Waals surface area (Å²) in [7, 11) is 0. The molecule has 84 valence electrons. The minimum absolute atomic E-state index is 0.131. The third-order valence-electron chi connectivity index (χ3n) is 2.40. The van der Waals surface area contributed by atoms with Crippen molar-refractivity contribution in [3.8, 4) is 0 Å². The summed E-state index contributed by atoms with van der Waals surface area (Å²) >= 11 is 0. The van der Waals surface area contributed by atoms with Gasteiger partial charge in [0.15, 0.2) is 0 Å². The Morgan fingerprint density at radius 2 is 2.12 bits per heavy atom. The van der Waals surface area contributed by atoms with Gasteiger partial charge in [0.25, 0.3) is 0 Å². The fourth-order valence-corrected chi connectivity index (χ4v) is 1.64. The highest BCUT2D eigenvalue weighted by molar-refractivity contribution is 5.95. The SMILES string of the molecule is CC(C)(O)c1cccc2c(C(=O)O)cnn12. The summed E-state index contributed by atoms with van der Waals surface area (Å²) in [5.41, 5.74) is 0.0946. The largest absolute Gasteiger partial charge is 0.478 e. The summed E-state index contributed by atoms with van der Waals surface area (Å²) in [6.07, 6.45) is 1.28. The predicted molar refractivity (Wildman–Crippen MR) is 57.4 cm³/mol. The Labute approximate surface area is 91.9 Å². The highest BCUT2D eigenvalue weighted by atomic mass is 16.4. The van der Waals surface area contributed by atoms with E-state index in [9.17, 15) is 9.90 Å². The number of fused-ring (bicyclic) bond motifs is 1. The molecule has 2 aromatic heterocycles. The van der Waals surface area contributed by atoms with Crippen LogP contribution in [0, 0.1) is 0 Å². The van der Waals surface area contributed by atoms with Crippen LogP contribution in [-0.4, -0.2) is 25.8 Å². The van der Waals surface area contributed by atoms with E-state index in [2.05, 4.69) is 5.10 Å². The van der Waals surface area contributed by atoms with Crippen LogP contribution >= 0.6 is 0 Å². The Bertz CT molecular complexity index is 552. The minimum atomic E-state index is -1.07. The number of nitrogens with zero attached hydrogens (tertiary/aromatic N) is 2. The monoisotopic (exact) mass is 220 g/mol. The maximum atomic E-state index is 10.9. The third-order valence-corrected chi connectivity index (χ3v) is 2.40. The standard InChI is InChI=1S/C11H12N2O3/c1-11(2,16)9-5-3-4-8-7(10(14)15)6-12-13(8)9/h3-6,16H,1-2H3,(H,14,15). The molecule has 0 amide bonds. The molecule has 0 aromatic carbocycles. The fraction of sp³-hybridized carbons (Fsp3) is 0.273. The molecule has 0 atom stereocenters. The number of rotatable bonds is 2. The number of carboxylic acids is 1. The molecular weight excluding hydrogens is 208 g/mol. The summed E-state index contributed by atoms with van der Waals surface area (Å²) in [4.78, 5) is 10.9. The van der Waals surface area contributed by atoms with Crippen LogP contribution < -0.4 is 0 Å². The summed E-state index contributed by atoms with van der Waals surface area (Å²) in [6, 6.07) is 5.08. The van der Waals surface area contributed by atoms with E-state index in [1.807, 2.05) is 0 Å². The Balaban J connectivity index is 2.77. The number of aromatic carboxylic acids is 1. The first kappa shape index (κ1) is 10.6. The molecule has 2 aromatic rings. The second-order valence-corrected chi connectivity index (χ2v) is 4.13. The van der Waals surface area contributed by atoms with Crippen molar-refractivity contribution in [2.45, 2.75) is 19.4 Å². The van der Waals surface area contributed by atoms with Gasteiger partial charge in [-0.15, -0.1) is 0 Å². The topological polar surface area (TPSA) is 74.8 Å². The number of aliphatic hydroxyl groups is 1. The Kier molecular flexibility index (Phi) is 2.20. The van der Waals surface area contributed by atoms with Gasteiger partial charge in [-0.1, -0.05) is 6.07 Å². The van der Waals surface area contributed by atoms with Crippen molar-refractivity contribution >= 4 is 11.5 Å². The van der Waals surface area contributed by atoms with Crippen molar-refractivity contribution in [2.75, 3.05) is 0 Å². The third kappa shape index (κ3) is 1.55. The molecule has 0 saturated carbocycles. The number of hydrogen-bond acceptors (Lipinski definition) is 3. The highest BCUT2D eigenvalue weighted by Crippen LogP contribution is 2.22. The zero-order chi connectivity index (χ0) is 11.9. The number of aromatic nitrogens is 2. The lowest BCUT2D eigenvalue weighted by molar-refractivity contribution is 0.0691. The lowest BCUT2D eigenvalue weighted by Gasteiger charge is -2.18. The number of hydrogen-bond donors (Lipinski definition) is 2. The van der Waals surface area contributed by atoms with E-state index in [1.54, 1.807) is 32.0 Å². The molecule has 0 bridgehead atoms. The average molecular weight is 220 g/mol. The highest BCUT2D eigenvalue weighted by Gasteiger charge is 2.21. The Morgan fingerprint density at radius 1 is 1.44 bits per heavy atom. The normalized spacial score (nSPS) is 11.9. The maximum Gasteiger partial charge on any atom is 0.339 e. The molecule has 0 spiro atoms. The van der Waals surface area contributed by atoms with Gasteiger partial charge in [0.05, 0.1) is 17.4 Å². The first-order valence-electron chi connectivity index (χ1n) is 4.84. The number of carbonyl (C=O) groups is 1. The van der Waals surface area contributed by atoms with Gasteiger partial charge in [-0.25, -0.2) is 9.31 Å². The molecule has 0 aliphatic heterocycles. The molecule has 5 heteroatoms. The summed E-state index contributed by atoms with van der Waals surface area (Å²) in [6.45, 7) is 3.26. The number of pyridine rings is 1. The lowest BCUT2D eigenvalue weighted by atomic mass is 10.0. The lowest BCUT2D eigenvalue weighted by Crippen LogP contribution is -2.20. The van der Waals surface area contributed by atoms with Gasteiger partial charge in [-0.2, -0.15) is 5.10 Å². The van der Waals surface area contributed by atoms with Gasteiger partial charge >= 0.3 is 5.97 Å². The van der Waals surface area contributed by atoms with E-state index in [4.69, 9.17) is 5.11 Å². The quantitative estimate of drug-likeness (QED) is 0.799. The second kappa shape index (κ2) is 3.31. The zero-order valence-corrected chi connectivity index (χ0v) is 9.01. The molecule has 0 aliphatic carbocycles. The average Bonchev–Trinajstić information content (AvgIpc) is 2.58. The smallest absolute Gasteiger partial charge is 0.339 e. The molecule has 2 rings (SSSR count). The van der Waals surface area contributed by atoms with Gasteiger partial charge < -0.3 is 10.2 Å². The van der Waals surface area contributed by atoms with Crippen LogP contribution in [0.3, 0.4) is 0 Å². The van der Waals surface area contributed by atoms with Crippen molar-refractivity contribution in [1.82, 2.24) is 9.61 Å². The van der Waals surface area contributed by atoms with Gasteiger partial charge in [0, 0.05) is 0 Å². The van der Waals surface area contributed by atoms with Crippen molar-refractivity contribution < 1.29 is 15.0 Å².